The summed E-state index contributed by atoms with van der Waals surface area (Å²) in [5.74, 6) is 0.514. The van der Waals surface area contributed by atoms with Crippen LogP contribution in [0.1, 0.15) is 16.2 Å². The second-order valence-corrected chi connectivity index (χ2v) is 9.52. The molecule has 1 N–H and O–H groups in total. The van der Waals surface area contributed by atoms with Crippen LogP contribution in [0.3, 0.4) is 0 Å². The molecule has 0 unspecified atom stereocenters. The number of hydrogen-bond acceptors (Lipinski definition) is 4. The Morgan fingerprint density at radius 3 is 2.26 bits per heavy atom. The van der Waals surface area contributed by atoms with Crippen LogP contribution in [0.4, 0.5) is 5.69 Å². The quantitative estimate of drug-likeness (QED) is 0.454. The molecule has 0 saturated carbocycles. The molecule has 0 atom stereocenters. The van der Waals surface area contributed by atoms with Crippen LogP contribution < -0.4 is 5.32 Å². The first-order chi connectivity index (χ1) is 14.8. The van der Waals surface area contributed by atoms with Crippen LogP contribution in [0, 0.1) is 6.92 Å². The van der Waals surface area contributed by atoms with Gasteiger partial charge in [-0.05, 0) is 43.3 Å². The molecule has 2 aromatic heterocycles. The number of amides is 1. The summed E-state index contributed by atoms with van der Waals surface area (Å²) in [5.41, 5.74) is 3.77. The summed E-state index contributed by atoms with van der Waals surface area (Å²) >= 11 is 0. The number of anilines is 1. The van der Waals surface area contributed by atoms with Crippen LogP contribution in [0.15, 0.2) is 77.7 Å². The van der Waals surface area contributed by atoms with Crippen LogP contribution in [0.25, 0.3) is 27.3 Å². The van der Waals surface area contributed by atoms with Gasteiger partial charge in [0.1, 0.15) is 5.82 Å². The second kappa shape index (κ2) is 6.92. The van der Waals surface area contributed by atoms with E-state index in [0.29, 0.717) is 11.3 Å². The Labute approximate surface area is 179 Å². The van der Waals surface area contributed by atoms with E-state index in [1.54, 1.807) is 0 Å². The highest BCUT2D eigenvalue weighted by molar-refractivity contribution is 7.90. The molecule has 5 aromatic rings. The molecule has 0 spiro atoms. The van der Waals surface area contributed by atoms with Gasteiger partial charge in [0, 0.05) is 22.6 Å². The van der Waals surface area contributed by atoms with Gasteiger partial charge in [0.05, 0.1) is 27.1 Å². The van der Waals surface area contributed by atoms with E-state index in [9.17, 15) is 13.2 Å². The average Bonchev–Trinajstić information content (AvgIpc) is 3.08. The summed E-state index contributed by atoms with van der Waals surface area (Å²) in [6.45, 7) is 1.95. The van der Waals surface area contributed by atoms with E-state index < -0.39 is 9.84 Å². The SMILES string of the molecule is Cc1nc2ccccc2c2c(NC(=O)c3ccc(S(C)(=O)=O)cc3)c3ccccc3n12. The fourth-order valence-corrected chi connectivity index (χ4v) is 4.62. The molecule has 0 fully saturated rings. The van der Waals surface area contributed by atoms with E-state index in [1.807, 2.05) is 55.5 Å². The van der Waals surface area contributed by atoms with Gasteiger partial charge in [-0.1, -0.05) is 36.4 Å². The van der Waals surface area contributed by atoms with Crippen LogP contribution in [0.2, 0.25) is 0 Å². The highest BCUT2D eigenvalue weighted by atomic mass is 32.2. The largest absolute Gasteiger partial charge is 0.320 e. The van der Waals surface area contributed by atoms with Gasteiger partial charge in [0.15, 0.2) is 9.84 Å². The number of nitrogens with zero attached hydrogens (tertiary/aromatic N) is 2. The van der Waals surface area contributed by atoms with Crippen molar-refractivity contribution in [3.8, 4) is 0 Å². The predicted molar refractivity (Wildman–Crippen MR) is 122 cm³/mol. The summed E-state index contributed by atoms with van der Waals surface area (Å²) in [4.78, 5) is 18.0. The maximum absolute atomic E-state index is 13.1. The minimum atomic E-state index is -3.32. The smallest absolute Gasteiger partial charge is 0.255 e. The van der Waals surface area contributed by atoms with E-state index >= 15 is 0 Å². The van der Waals surface area contributed by atoms with Gasteiger partial charge in [0.25, 0.3) is 5.91 Å². The fourth-order valence-electron chi connectivity index (χ4n) is 3.99. The molecule has 0 radical (unpaired) electrons. The Bertz CT molecular complexity index is 1600. The molecule has 0 aliphatic heterocycles. The minimum absolute atomic E-state index is 0.177. The van der Waals surface area contributed by atoms with E-state index in [2.05, 4.69) is 9.72 Å². The van der Waals surface area contributed by atoms with Crippen molar-refractivity contribution in [3.05, 3.63) is 84.2 Å². The number of nitrogens with one attached hydrogen (secondary N) is 1. The van der Waals surface area contributed by atoms with E-state index in [4.69, 9.17) is 4.98 Å². The van der Waals surface area contributed by atoms with Crippen molar-refractivity contribution >= 4 is 48.8 Å². The molecular formula is C24H19N3O3S. The highest BCUT2D eigenvalue weighted by Gasteiger charge is 2.19. The lowest BCUT2D eigenvalue weighted by Crippen LogP contribution is -2.12. The molecule has 31 heavy (non-hydrogen) atoms. The van der Waals surface area contributed by atoms with Gasteiger partial charge >= 0.3 is 0 Å². The van der Waals surface area contributed by atoms with E-state index in [-0.39, 0.29) is 10.8 Å². The number of fused-ring (bicyclic) bond motifs is 5. The molecule has 2 heterocycles. The lowest BCUT2D eigenvalue weighted by molar-refractivity contribution is 0.102. The molecule has 3 aromatic carbocycles. The lowest BCUT2D eigenvalue weighted by Gasteiger charge is -2.09. The Hall–Kier alpha value is -3.71. The van der Waals surface area contributed by atoms with Crippen LogP contribution in [-0.4, -0.2) is 30.0 Å². The van der Waals surface area contributed by atoms with Crippen molar-refractivity contribution in [3.63, 3.8) is 0 Å². The number of benzene rings is 3. The number of para-hydroxylation sites is 2. The zero-order valence-corrected chi connectivity index (χ0v) is 17.8. The predicted octanol–water partition coefficient (Wildman–Crippen LogP) is 4.60. The highest BCUT2D eigenvalue weighted by Crippen LogP contribution is 2.36. The van der Waals surface area contributed by atoms with Crippen molar-refractivity contribution in [2.45, 2.75) is 11.8 Å². The third-order valence-electron chi connectivity index (χ3n) is 5.42. The summed E-state index contributed by atoms with van der Waals surface area (Å²) in [6.07, 6.45) is 1.14. The molecule has 0 aliphatic carbocycles. The average molecular weight is 430 g/mol. The van der Waals surface area contributed by atoms with Crippen molar-refractivity contribution in [2.24, 2.45) is 0 Å². The third kappa shape index (κ3) is 3.14. The van der Waals surface area contributed by atoms with Gasteiger partial charge in [-0.2, -0.15) is 0 Å². The van der Waals surface area contributed by atoms with E-state index in [0.717, 1.165) is 39.4 Å². The van der Waals surface area contributed by atoms with Gasteiger partial charge < -0.3 is 5.32 Å². The number of aryl methyl sites for hydroxylation is 1. The van der Waals surface area contributed by atoms with Crippen molar-refractivity contribution in [1.29, 1.82) is 0 Å². The molecule has 0 saturated heterocycles. The summed E-state index contributed by atoms with van der Waals surface area (Å²) < 4.78 is 25.5. The number of aromatic nitrogens is 2. The number of hydrogen-bond donors (Lipinski definition) is 1. The number of carbonyl (C=O) groups is 1. The fraction of sp³-hybridized carbons (Fsp3) is 0.0833. The molecular weight excluding hydrogens is 410 g/mol. The molecule has 7 heteroatoms. The first kappa shape index (κ1) is 19.3. The van der Waals surface area contributed by atoms with Gasteiger partial charge in [-0.25, -0.2) is 13.4 Å². The molecule has 0 bridgehead atoms. The Balaban J connectivity index is 1.71. The van der Waals surface area contributed by atoms with Crippen LogP contribution in [0.5, 0.6) is 0 Å². The minimum Gasteiger partial charge on any atom is -0.320 e. The maximum Gasteiger partial charge on any atom is 0.255 e. The van der Waals surface area contributed by atoms with Crippen molar-refractivity contribution in [1.82, 2.24) is 9.38 Å². The Morgan fingerprint density at radius 2 is 1.55 bits per heavy atom. The van der Waals surface area contributed by atoms with Crippen molar-refractivity contribution < 1.29 is 13.2 Å². The topological polar surface area (TPSA) is 80.5 Å². The first-order valence-electron chi connectivity index (χ1n) is 9.74. The zero-order valence-electron chi connectivity index (χ0n) is 17.0. The summed E-state index contributed by atoms with van der Waals surface area (Å²) in [6, 6.07) is 21.6. The first-order valence-corrected chi connectivity index (χ1v) is 11.6. The molecule has 6 nitrogen and oxygen atoms in total. The Morgan fingerprint density at radius 1 is 0.903 bits per heavy atom. The second-order valence-electron chi connectivity index (χ2n) is 7.50. The maximum atomic E-state index is 13.1. The van der Waals surface area contributed by atoms with Crippen LogP contribution in [-0.2, 0) is 9.84 Å². The monoisotopic (exact) mass is 429 g/mol. The molecule has 1 amide bonds. The van der Waals surface area contributed by atoms with Crippen molar-refractivity contribution in [2.75, 3.05) is 11.6 Å². The van der Waals surface area contributed by atoms with Gasteiger partial charge in [-0.3, -0.25) is 9.20 Å². The van der Waals surface area contributed by atoms with Gasteiger partial charge in [0.2, 0.25) is 0 Å². The third-order valence-corrected chi connectivity index (χ3v) is 6.55. The number of rotatable bonds is 3. The Kier molecular flexibility index (Phi) is 4.30. The standard InChI is InChI=1S/C24H19N3O3S/c1-15-25-20-9-5-3-7-18(20)23-22(19-8-4-6-10-21(19)27(15)23)26-24(28)16-11-13-17(14-12-16)31(2,29)30/h3-14H,1-2H3,(H,26,28). The summed E-state index contributed by atoms with van der Waals surface area (Å²) in [7, 11) is -3.32. The van der Waals surface area contributed by atoms with Gasteiger partial charge in [-0.15, -0.1) is 0 Å². The van der Waals surface area contributed by atoms with E-state index in [1.165, 1.54) is 24.3 Å². The molecule has 154 valence electrons. The zero-order chi connectivity index (χ0) is 21.8. The van der Waals surface area contributed by atoms with Crippen LogP contribution >= 0.6 is 0 Å². The number of carbonyl (C=O) groups excluding carboxylic acids is 1. The number of sulfone groups is 1. The normalized spacial score (nSPS) is 11.9. The lowest BCUT2D eigenvalue weighted by atomic mass is 10.1. The summed E-state index contributed by atoms with van der Waals surface area (Å²) in [5, 5.41) is 4.91. The molecule has 0 aliphatic rings. The molecule has 5 rings (SSSR count).